The van der Waals surface area contributed by atoms with Crippen molar-refractivity contribution in [3.63, 3.8) is 0 Å². The zero-order valence-electron chi connectivity index (χ0n) is 15.7. The number of hydrogen-bond acceptors (Lipinski definition) is 5. The Kier molecular flexibility index (Phi) is 5.58. The molecule has 1 heterocycles. The van der Waals surface area contributed by atoms with Crippen molar-refractivity contribution >= 4 is 28.9 Å². The van der Waals surface area contributed by atoms with E-state index in [4.69, 9.17) is 4.74 Å². The van der Waals surface area contributed by atoms with Crippen molar-refractivity contribution in [1.82, 2.24) is 0 Å². The zero-order valence-corrected chi connectivity index (χ0v) is 15.7. The number of nitrogens with zero attached hydrogens (tertiary/aromatic N) is 2. The number of amides is 2. The van der Waals surface area contributed by atoms with Gasteiger partial charge in [0.05, 0.1) is 23.1 Å². The van der Waals surface area contributed by atoms with Crippen LogP contribution in [0.2, 0.25) is 0 Å². The highest BCUT2D eigenvalue weighted by Crippen LogP contribution is 2.34. The van der Waals surface area contributed by atoms with Crippen LogP contribution < -0.4 is 15.0 Å². The molecule has 2 aromatic carbocycles. The van der Waals surface area contributed by atoms with Gasteiger partial charge in [0.2, 0.25) is 11.8 Å². The summed E-state index contributed by atoms with van der Waals surface area (Å²) in [5.74, 6) is -0.635. The van der Waals surface area contributed by atoms with Gasteiger partial charge in [-0.2, -0.15) is 0 Å². The first-order valence-electron chi connectivity index (χ1n) is 8.99. The molecule has 8 nitrogen and oxygen atoms in total. The van der Waals surface area contributed by atoms with Crippen molar-refractivity contribution in [2.75, 3.05) is 23.4 Å². The molecule has 1 aliphatic rings. The number of ether oxygens (including phenoxy) is 1. The van der Waals surface area contributed by atoms with Crippen LogP contribution in [-0.4, -0.2) is 29.9 Å². The summed E-state index contributed by atoms with van der Waals surface area (Å²) in [6, 6.07) is 11.8. The van der Waals surface area contributed by atoms with E-state index in [0.717, 1.165) is 0 Å². The predicted octanol–water partition coefficient (Wildman–Crippen LogP) is 3.29. The van der Waals surface area contributed by atoms with Gasteiger partial charge in [-0.25, -0.2) is 0 Å². The normalized spacial score (nSPS) is 16.1. The average molecular weight is 383 g/mol. The second kappa shape index (κ2) is 8.08. The molecule has 0 spiro atoms. The van der Waals surface area contributed by atoms with Crippen LogP contribution >= 0.6 is 0 Å². The molecule has 8 heteroatoms. The van der Waals surface area contributed by atoms with Crippen LogP contribution in [0.4, 0.5) is 17.1 Å². The smallest absolute Gasteiger partial charge is 0.293 e. The van der Waals surface area contributed by atoms with E-state index in [2.05, 4.69) is 5.32 Å². The summed E-state index contributed by atoms with van der Waals surface area (Å²) in [6.07, 6.45) is 0.0337. The van der Waals surface area contributed by atoms with Gasteiger partial charge in [-0.3, -0.25) is 19.7 Å². The van der Waals surface area contributed by atoms with Gasteiger partial charge in [-0.05, 0) is 31.5 Å². The molecule has 0 aliphatic carbocycles. The third kappa shape index (κ3) is 3.80. The summed E-state index contributed by atoms with van der Waals surface area (Å²) in [5, 5.41) is 13.9. The highest BCUT2D eigenvalue weighted by atomic mass is 16.6. The number of rotatable bonds is 6. The summed E-state index contributed by atoms with van der Waals surface area (Å²) >= 11 is 0. The van der Waals surface area contributed by atoms with E-state index >= 15 is 0 Å². The lowest BCUT2D eigenvalue weighted by Gasteiger charge is -2.20. The molecular formula is C20H21N3O5. The van der Waals surface area contributed by atoms with Gasteiger partial charge < -0.3 is 15.0 Å². The van der Waals surface area contributed by atoms with Gasteiger partial charge in [-0.1, -0.05) is 24.3 Å². The number of aryl methyl sites for hydroxylation is 1. The molecule has 0 aromatic heterocycles. The van der Waals surface area contributed by atoms with E-state index in [1.165, 1.54) is 11.0 Å². The van der Waals surface area contributed by atoms with Gasteiger partial charge in [0.15, 0.2) is 0 Å². The highest BCUT2D eigenvalue weighted by molar-refractivity contribution is 6.05. The quantitative estimate of drug-likeness (QED) is 0.609. The number of nitrogens with one attached hydrogen (secondary N) is 1. The van der Waals surface area contributed by atoms with Crippen LogP contribution in [-0.2, 0) is 9.59 Å². The first kappa shape index (κ1) is 19.3. The number of carbonyl (C=O) groups excluding carboxylic acids is 2. The molecule has 1 saturated heterocycles. The lowest BCUT2D eigenvalue weighted by molar-refractivity contribution is -0.384. The van der Waals surface area contributed by atoms with E-state index in [1.54, 1.807) is 37.3 Å². The van der Waals surface area contributed by atoms with E-state index in [9.17, 15) is 19.7 Å². The Hall–Kier alpha value is -3.42. The average Bonchev–Trinajstić information content (AvgIpc) is 3.05. The van der Waals surface area contributed by atoms with E-state index in [0.29, 0.717) is 23.6 Å². The Balaban J connectivity index is 1.80. The summed E-state index contributed by atoms with van der Waals surface area (Å²) < 4.78 is 5.58. The number of nitro groups is 1. The minimum Gasteiger partial charge on any atom is -0.492 e. The molecule has 146 valence electrons. The van der Waals surface area contributed by atoms with Crippen LogP contribution in [0.25, 0.3) is 0 Å². The number of nitro benzene ring substituents is 1. The minimum atomic E-state index is -0.610. The van der Waals surface area contributed by atoms with Crippen molar-refractivity contribution in [2.24, 2.45) is 5.92 Å². The molecule has 0 bridgehead atoms. The standard InChI is InChI=1S/C20H21N3O5/c1-3-28-17-10-5-4-8-15(17)22-12-14(11-18(22)24)20(25)21-19-13(2)7-6-9-16(19)23(26)27/h4-10,14H,3,11-12H2,1-2H3,(H,21,25). The number of carbonyl (C=O) groups is 2. The molecule has 28 heavy (non-hydrogen) atoms. The van der Waals surface area contributed by atoms with Gasteiger partial charge in [-0.15, -0.1) is 0 Å². The summed E-state index contributed by atoms with van der Waals surface area (Å²) in [4.78, 5) is 37.5. The minimum absolute atomic E-state index is 0.0337. The second-order valence-electron chi connectivity index (χ2n) is 6.52. The van der Waals surface area contributed by atoms with Gasteiger partial charge in [0, 0.05) is 19.0 Å². The maximum Gasteiger partial charge on any atom is 0.293 e. The first-order chi connectivity index (χ1) is 13.4. The fraction of sp³-hybridized carbons (Fsp3) is 0.300. The zero-order chi connectivity index (χ0) is 20.3. The molecule has 0 radical (unpaired) electrons. The molecule has 0 saturated carbocycles. The van der Waals surface area contributed by atoms with Gasteiger partial charge >= 0.3 is 0 Å². The fourth-order valence-electron chi connectivity index (χ4n) is 3.27. The highest BCUT2D eigenvalue weighted by Gasteiger charge is 2.37. The molecule has 1 fully saturated rings. The summed E-state index contributed by atoms with van der Waals surface area (Å²) in [6.45, 7) is 4.19. The third-order valence-electron chi connectivity index (χ3n) is 4.65. The van der Waals surface area contributed by atoms with E-state index in [1.807, 2.05) is 13.0 Å². The van der Waals surface area contributed by atoms with Crippen molar-refractivity contribution in [3.05, 3.63) is 58.1 Å². The molecule has 2 aromatic rings. The van der Waals surface area contributed by atoms with Crippen LogP contribution in [0.1, 0.15) is 18.9 Å². The van der Waals surface area contributed by atoms with Crippen molar-refractivity contribution in [3.8, 4) is 5.75 Å². The molecule has 1 unspecified atom stereocenters. The van der Waals surface area contributed by atoms with Crippen LogP contribution in [0.3, 0.4) is 0 Å². The monoisotopic (exact) mass is 383 g/mol. The molecule has 1 N–H and O–H groups in total. The maximum atomic E-state index is 12.7. The Morgan fingerprint density at radius 2 is 2.04 bits per heavy atom. The lowest BCUT2D eigenvalue weighted by Crippen LogP contribution is -2.28. The Morgan fingerprint density at radius 1 is 1.29 bits per heavy atom. The van der Waals surface area contributed by atoms with Gasteiger partial charge in [0.1, 0.15) is 11.4 Å². The van der Waals surface area contributed by atoms with E-state index in [-0.39, 0.29) is 30.2 Å². The largest absolute Gasteiger partial charge is 0.492 e. The maximum absolute atomic E-state index is 12.7. The molecule has 1 aliphatic heterocycles. The first-order valence-corrected chi connectivity index (χ1v) is 8.99. The number of para-hydroxylation sites is 3. The van der Waals surface area contributed by atoms with Crippen LogP contribution in [0.15, 0.2) is 42.5 Å². The van der Waals surface area contributed by atoms with Gasteiger partial charge in [0.25, 0.3) is 5.69 Å². The second-order valence-corrected chi connectivity index (χ2v) is 6.52. The number of benzene rings is 2. The third-order valence-corrected chi connectivity index (χ3v) is 4.65. The Bertz CT molecular complexity index is 928. The van der Waals surface area contributed by atoms with Crippen LogP contribution in [0.5, 0.6) is 5.75 Å². The Morgan fingerprint density at radius 3 is 2.75 bits per heavy atom. The SMILES string of the molecule is CCOc1ccccc1N1CC(C(=O)Nc2c(C)cccc2[N+](=O)[O-])CC1=O. The summed E-state index contributed by atoms with van der Waals surface area (Å²) in [7, 11) is 0. The fourth-order valence-corrected chi connectivity index (χ4v) is 3.27. The lowest BCUT2D eigenvalue weighted by atomic mass is 10.1. The molecule has 2 amide bonds. The van der Waals surface area contributed by atoms with E-state index < -0.39 is 16.7 Å². The van der Waals surface area contributed by atoms with Crippen molar-refractivity contribution in [1.29, 1.82) is 0 Å². The number of anilines is 2. The molecule has 1 atom stereocenters. The number of hydrogen-bond donors (Lipinski definition) is 1. The van der Waals surface area contributed by atoms with Crippen molar-refractivity contribution < 1.29 is 19.2 Å². The molecular weight excluding hydrogens is 362 g/mol. The predicted molar refractivity (Wildman–Crippen MR) is 105 cm³/mol. The van der Waals surface area contributed by atoms with Crippen LogP contribution in [0, 0.1) is 23.0 Å². The Labute approximate surface area is 162 Å². The topological polar surface area (TPSA) is 102 Å². The summed E-state index contributed by atoms with van der Waals surface area (Å²) in [5.41, 5.74) is 1.20. The molecule has 3 rings (SSSR count). The van der Waals surface area contributed by atoms with Crippen molar-refractivity contribution in [2.45, 2.75) is 20.3 Å².